The van der Waals surface area contributed by atoms with Crippen molar-refractivity contribution in [1.82, 2.24) is 19.1 Å². The summed E-state index contributed by atoms with van der Waals surface area (Å²) in [5, 5.41) is 5.15. The molecule has 0 fully saturated rings. The highest BCUT2D eigenvalue weighted by Gasteiger charge is 2.27. The van der Waals surface area contributed by atoms with Gasteiger partial charge in [-0.1, -0.05) is 84.6 Å². The molecule has 238 valence electrons. The van der Waals surface area contributed by atoms with Gasteiger partial charge in [0.05, 0.1) is 27.8 Å². The number of fused-ring (bicyclic) bond motifs is 9. The third kappa shape index (κ3) is 4.28. The lowest BCUT2D eigenvalue weighted by Gasteiger charge is -2.20. The van der Waals surface area contributed by atoms with E-state index in [1.54, 1.807) is 0 Å². The van der Waals surface area contributed by atoms with Crippen molar-refractivity contribution in [3.63, 3.8) is 0 Å². The number of hydrogen-bond acceptors (Lipinski definition) is 3. The summed E-state index contributed by atoms with van der Waals surface area (Å²) >= 11 is 1.87. The van der Waals surface area contributed by atoms with Crippen LogP contribution in [0.1, 0.15) is 0 Å². The topological polar surface area (TPSA) is 35.6 Å². The Balaban J connectivity index is 1.18. The van der Waals surface area contributed by atoms with Crippen LogP contribution in [-0.4, -0.2) is 19.1 Å². The molecular weight excluding hydrogens is 641 g/mol. The molecule has 0 spiro atoms. The van der Waals surface area contributed by atoms with Crippen LogP contribution in [0, 0.1) is 0 Å². The van der Waals surface area contributed by atoms with Crippen LogP contribution in [0.4, 0.5) is 0 Å². The minimum Gasteiger partial charge on any atom is -0.309 e. The summed E-state index contributed by atoms with van der Waals surface area (Å²) in [5.41, 5.74) is 14.0. The molecule has 0 N–H and O–H groups in total. The lowest BCUT2D eigenvalue weighted by Crippen LogP contribution is -2.01. The normalized spacial score (nSPS) is 12.2. The highest BCUT2D eigenvalue weighted by atomic mass is 32.2. The number of nitrogens with zero attached hydrogens (tertiary/aromatic N) is 4. The Morgan fingerprint density at radius 1 is 0.412 bits per heavy atom. The molecule has 51 heavy (non-hydrogen) atoms. The molecule has 11 rings (SSSR count). The largest absolute Gasteiger partial charge is 0.309 e. The van der Waals surface area contributed by atoms with E-state index in [-0.39, 0.29) is 0 Å². The Bertz CT molecular complexity index is 2940. The number of hydrogen-bond donors (Lipinski definition) is 0. The molecule has 0 radical (unpaired) electrons. The second-order valence-electron chi connectivity index (χ2n) is 13.1. The Morgan fingerprint density at radius 3 is 1.73 bits per heavy atom. The minimum atomic E-state index is 1.08. The lowest BCUT2D eigenvalue weighted by atomic mass is 9.94. The van der Waals surface area contributed by atoms with Crippen molar-refractivity contribution in [2.75, 3.05) is 0 Å². The molecule has 1 aliphatic rings. The average Bonchev–Trinajstić information content (AvgIpc) is 3.72. The first kappa shape index (κ1) is 28.4. The summed E-state index contributed by atoms with van der Waals surface area (Å²) in [7, 11) is 0. The van der Waals surface area contributed by atoms with Gasteiger partial charge in [0.25, 0.3) is 0 Å². The van der Waals surface area contributed by atoms with Gasteiger partial charge in [0.2, 0.25) is 0 Å². The lowest BCUT2D eigenvalue weighted by molar-refractivity contribution is 1.09. The highest BCUT2D eigenvalue weighted by Crippen LogP contribution is 2.51. The van der Waals surface area contributed by atoms with Crippen LogP contribution in [0.25, 0.3) is 88.4 Å². The van der Waals surface area contributed by atoms with Gasteiger partial charge in [0.15, 0.2) is 0 Å². The second-order valence-corrected chi connectivity index (χ2v) is 14.2. The van der Waals surface area contributed by atoms with Crippen LogP contribution in [0.5, 0.6) is 0 Å². The average molecular weight is 669 g/mol. The molecule has 0 unspecified atom stereocenters. The van der Waals surface area contributed by atoms with Crippen LogP contribution >= 0.6 is 11.8 Å². The first-order chi connectivity index (χ1) is 25.3. The summed E-state index contributed by atoms with van der Waals surface area (Å²) in [5.74, 6) is 0. The number of para-hydroxylation sites is 3. The fourth-order valence-electron chi connectivity index (χ4n) is 8.05. The summed E-state index contributed by atoms with van der Waals surface area (Å²) in [6.45, 7) is 0. The van der Waals surface area contributed by atoms with Crippen molar-refractivity contribution in [3.05, 3.63) is 170 Å². The van der Waals surface area contributed by atoms with Crippen LogP contribution < -0.4 is 0 Å². The number of benzene rings is 6. The third-order valence-corrected chi connectivity index (χ3v) is 11.3. The second kappa shape index (κ2) is 11.0. The number of aromatic nitrogens is 4. The van der Waals surface area contributed by atoms with Gasteiger partial charge in [-0.2, -0.15) is 0 Å². The van der Waals surface area contributed by atoms with Gasteiger partial charge in [-0.3, -0.25) is 9.97 Å². The van der Waals surface area contributed by atoms with Crippen LogP contribution in [-0.2, 0) is 0 Å². The van der Waals surface area contributed by atoms with Crippen molar-refractivity contribution in [2.45, 2.75) is 9.79 Å². The molecule has 1 aliphatic heterocycles. The monoisotopic (exact) mass is 668 g/mol. The van der Waals surface area contributed by atoms with Crippen LogP contribution in [0.2, 0.25) is 0 Å². The van der Waals surface area contributed by atoms with Gasteiger partial charge in [-0.25, -0.2) is 0 Å². The molecule has 0 aliphatic carbocycles. The first-order valence-corrected chi connectivity index (χ1v) is 18.0. The predicted molar refractivity (Wildman–Crippen MR) is 211 cm³/mol. The first-order valence-electron chi connectivity index (χ1n) is 17.1. The van der Waals surface area contributed by atoms with Gasteiger partial charge in [0.1, 0.15) is 0 Å². The molecule has 0 amide bonds. The van der Waals surface area contributed by atoms with Crippen LogP contribution in [0.3, 0.4) is 0 Å². The van der Waals surface area contributed by atoms with Gasteiger partial charge in [-0.05, 0) is 95.1 Å². The molecule has 5 heteroatoms. The van der Waals surface area contributed by atoms with Crippen molar-refractivity contribution in [1.29, 1.82) is 0 Å². The minimum absolute atomic E-state index is 1.08. The summed E-state index contributed by atoms with van der Waals surface area (Å²) in [6, 6.07) is 52.9. The fourth-order valence-corrected chi connectivity index (χ4v) is 9.16. The molecule has 0 saturated heterocycles. The molecule has 0 atom stereocenters. The Kier molecular flexibility index (Phi) is 6.15. The van der Waals surface area contributed by atoms with Gasteiger partial charge in [0, 0.05) is 72.9 Å². The van der Waals surface area contributed by atoms with E-state index in [2.05, 4.69) is 153 Å². The zero-order valence-corrected chi connectivity index (χ0v) is 28.2. The zero-order valence-electron chi connectivity index (χ0n) is 27.4. The Morgan fingerprint density at radius 2 is 1.02 bits per heavy atom. The van der Waals surface area contributed by atoms with Gasteiger partial charge < -0.3 is 9.13 Å². The molecule has 5 heterocycles. The molecule has 4 aromatic heterocycles. The maximum Gasteiger partial charge on any atom is 0.0688 e. The van der Waals surface area contributed by atoms with E-state index in [4.69, 9.17) is 0 Å². The molecule has 0 bridgehead atoms. The third-order valence-electron chi connectivity index (χ3n) is 10.2. The molecular formula is C46H28N4S. The van der Waals surface area contributed by atoms with E-state index in [1.165, 1.54) is 59.1 Å². The maximum atomic E-state index is 4.43. The number of pyridine rings is 2. The highest BCUT2D eigenvalue weighted by molar-refractivity contribution is 7.99. The van der Waals surface area contributed by atoms with E-state index < -0.39 is 0 Å². The summed E-state index contributed by atoms with van der Waals surface area (Å²) in [4.78, 5) is 11.4. The standard InChI is InChI=1S/C46H28N4S/c1-3-16-38-36(14-1)44-41(26-43-46-45(44)37-15-2-4-17-39(37)50(46)40-18-5-6-19-42(40)51-43)49(38)35-13-7-10-29(25-35)32-22-33(30-11-8-20-47-27-30)24-34(23-32)31-12-9-21-48-28-31/h1-28H. The zero-order chi connectivity index (χ0) is 33.5. The Labute approximate surface area is 298 Å². The molecule has 0 saturated carbocycles. The summed E-state index contributed by atoms with van der Waals surface area (Å²) < 4.78 is 4.94. The summed E-state index contributed by atoms with van der Waals surface area (Å²) in [6.07, 6.45) is 7.51. The van der Waals surface area contributed by atoms with E-state index in [9.17, 15) is 0 Å². The van der Waals surface area contributed by atoms with Crippen molar-refractivity contribution < 1.29 is 0 Å². The molecule has 4 nitrogen and oxygen atoms in total. The van der Waals surface area contributed by atoms with Crippen LogP contribution in [0.15, 0.2) is 180 Å². The van der Waals surface area contributed by atoms with Gasteiger partial charge >= 0.3 is 0 Å². The number of rotatable bonds is 4. The molecule has 10 aromatic rings. The quantitative estimate of drug-likeness (QED) is 0.187. The van der Waals surface area contributed by atoms with E-state index in [1.807, 2.05) is 48.7 Å². The maximum absolute atomic E-state index is 4.43. The van der Waals surface area contributed by atoms with Crippen molar-refractivity contribution in [2.24, 2.45) is 0 Å². The Hall–Kier alpha value is -6.43. The van der Waals surface area contributed by atoms with Crippen molar-refractivity contribution in [3.8, 4) is 44.8 Å². The SMILES string of the molecule is c1cncc(-c2cc(-c3cccnc3)cc(-c3cccc(-n4c5ccccc5c5c6c7ccccc7n7c6c(cc54)Sc4ccccc4-7)c3)c2)c1. The smallest absolute Gasteiger partial charge is 0.0688 e. The van der Waals surface area contributed by atoms with E-state index >= 15 is 0 Å². The van der Waals surface area contributed by atoms with E-state index in [0.717, 1.165) is 39.1 Å². The molecule has 6 aromatic carbocycles. The van der Waals surface area contributed by atoms with Gasteiger partial charge in [-0.15, -0.1) is 0 Å². The van der Waals surface area contributed by atoms with E-state index in [0.29, 0.717) is 0 Å². The predicted octanol–water partition coefficient (Wildman–Crippen LogP) is 12.1. The fraction of sp³-hybridized carbons (Fsp3) is 0. The van der Waals surface area contributed by atoms with Crippen molar-refractivity contribution >= 4 is 55.4 Å².